The molecule has 20 heavy (non-hydrogen) atoms. The second-order valence-electron chi connectivity index (χ2n) is 5.81. The van der Waals surface area contributed by atoms with Gasteiger partial charge in [-0.15, -0.1) is 0 Å². The van der Waals surface area contributed by atoms with Crippen molar-refractivity contribution in [3.05, 3.63) is 33.5 Å². The molecule has 3 rings (SSSR count). The first-order valence-electron chi connectivity index (χ1n) is 7.21. The van der Waals surface area contributed by atoms with Crippen molar-refractivity contribution in [2.45, 2.75) is 45.3 Å². The minimum absolute atomic E-state index is 0.354. The van der Waals surface area contributed by atoms with Crippen LogP contribution in [-0.4, -0.2) is 17.7 Å². The Balaban J connectivity index is 1.95. The van der Waals surface area contributed by atoms with E-state index in [-0.39, 0.29) is 0 Å². The van der Waals surface area contributed by atoms with Gasteiger partial charge in [-0.3, -0.25) is 0 Å². The number of nitrogens with one attached hydrogen (secondary N) is 1. The van der Waals surface area contributed by atoms with E-state index in [1.54, 1.807) is 0 Å². The summed E-state index contributed by atoms with van der Waals surface area (Å²) in [4.78, 5) is 0. The van der Waals surface area contributed by atoms with E-state index in [1.807, 2.05) is 6.07 Å². The lowest BCUT2D eigenvalue weighted by atomic mass is 10.1. The lowest BCUT2D eigenvalue weighted by Crippen LogP contribution is -2.27. The third-order valence-corrected chi connectivity index (χ3v) is 4.60. The molecular formula is C16H20BrNO2. The maximum atomic E-state index is 10.2. The number of hydrogen-bond donors (Lipinski definition) is 2. The number of aliphatic hydroxyl groups excluding tert-OH is 1. The van der Waals surface area contributed by atoms with Crippen molar-refractivity contribution in [1.82, 2.24) is 5.32 Å². The summed E-state index contributed by atoms with van der Waals surface area (Å²) in [5, 5.41) is 14.5. The van der Waals surface area contributed by atoms with E-state index in [2.05, 4.69) is 41.2 Å². The standard InChI is InChI=1S/C16H20BrNO2/c1-9(2)18-8-14(19)15-7-10-6-13(17)11-4-3-5-12(11)16(10)20-15/h6-7,9,14,18-19H,3-5,8H2,1-2H3. The highest BCUT2D eigenvalue weighted by Gasteiger charge is 2.22. The first-order valence-corrected chi connectivity index (χ1v) is 8.00. The summed E-state index contributed by atoms with van der Waals surface area (Å²) >= 11 is 3.65. The lowest BCUT2D eigenvalue weighted by Gasteiger charge is -2.11. The Labute approximate surface area is 127 Å². The molecule has 0 aliphatic heterocycles. The summed E-state index contributed by atoms with van der Waals surface area (Å²) in [6.07, 6.45) is 2.76. The fourth-order valence-electron chi connectivity index (χ4n) is 2.86. The van der Waals surface area contributed by atoms with Crippen LogP contribution in [0.2, 0.25) is 0 Å². The van der Waals surface area contributed by atoms with Gasteiger partial charge in [0.25, 0.3) is 0 Å². The van der Waals surface area contributed by atoms with Crippen LogP contribution in [0, 0.1) is 0 Å². The van der Waals surface area contributed by atoms with Crippen molar-refractivity contribution < 1.29 is 9.52 Å². The van der Waals surface area contributed by atoms with Gasteiger partial charge in [-0.1, -0.05) is 29.8 Å². The molecule has 0 amide bonds. The number of rotatable bonds is 4. The maximum Gasteiger partial charge on any atom is 0.137 e. The number of halogens is 1. The molecule has 4 heteroatoms. The molecular weight excluding hydrogens is 318 g/mol. The predicted octanol–water partition coefficient (Wildman–Crippen LogP) is 3.72. The van der Waals surface area contributed by atoms with Gasteiger partial charge in [0, 0.05) is 22.4 Å². The van der Waals surface area contributed by atoms with Gasteiger partial charge >= 0.3 is 0 Å². The molecule has 0 radical (unpaired) electrons. The van der Waals surface area contributed by atoms with Crippen molar-refractivity contribution >= 4 is 26.9 Å². The van der Waals surface area contributed by atoms with Crippen molar-refractivity contribution in [3.63, 3.8) is 0 Å². The summed E-state index contributed by atoms with van der Waals surface area (Å²) in [7, 11) is 0. The number of benzene rings is 1. The molecule has 3 nitrogen and oxygen atoms in total. The third-order valence-electron chi connectivity index (χ3n) is 3.89. The number of fused-ring (bicyclic) bond motifs is 3. The summed E-state index contributed by atoms with van der Waals surface area (Å²) in [6, 6.07) is 4.42. The van der Waals surface area contributed by atoms with Gasteiger partial charge in [0.15, 0.2) is 0 Å². The second-order valence-corrected chi connectivity index (χ2v) is 6.67. The zero-order valence-corrected chi connectivity index (χ0v) is 13.5. The van der Waals surface area contributed by atoms with E-state index < -0.39 is 6.10 Å². The molecule has 2 N–H and O–H groups in total. The van der Waals surface area contributed by atoms with E-state index >= 15 is 0 Å². The Kier molecular flexibility index (Phi) is 3.89. The van der Waals surface area contributed by atoms with Gasteiger partial charge in [0.1, 0.15) is 17.4 Å². The summed E-state index contributed by atoms with van der Waals surface area (Å²) in [5.74, 6) is 0.653. The molecule has 0 fully saturated rings. The topological polar surface area (TPSA) is 45.4 Å². The number of hydrogen-bond acceptors (Lipinski definition) is 3. The largest absolute Gasteiger partial charge is 0.458 e. The van der Waals surface area contributed by atoms with Crippen molar-refractivity contribution in [1.29, 1.82) is 0 Å². The SMILES string of the molecule is CC(C)NCC(O)c1cc2cc(Br)c3c(c2o1)CCC3. The molecule has 108 valence electrons. The number of furan rings is 1. The zero-order valence-electron chi connectivity index (χ0n) is 11.9. The van der Waals surface area contributed by atoms with E-state index in [0.29, 0.717) is 18.3 Å². The van der Waals surface area contributed by atoms with Gasteiger partial charge in [-0.2, -0.15) is 0 Å². The Morgan fingerprint density at radius 3 is 2.80 bits per heavy atom. The Hall–Kier alpha value is -0.840. The van der Waals surface area contributed by atoms with Gasteiger partial charge in [-0.05, 0) is 42.5 Å². The van der Waals surface area contributed by atoms with Gasteiger partial charge in [-0.25, -0.2) is 0 Å². The molecule has 1 atom stereocenters. The van der Waals surface area contributed by atoms with Crippen LogP contribution in [-0.2, 0) is 12.8 Å². The van der Waals surface area contributed by atoms with Crippen molar-refractivity contribution in [2.24, 2.45) is 0 Å². The molecule has 1 aromatic heterocycles. The highest BCUT2D eigenvalue weighted by atomic mass is 79.9. The maximum absolute atomic E-state index is 10.2. The van der Waals surface area contributed by atoms with E-state index in [9.17, 15) is 5.11 Å². The normalized spacial score (nSPS) is 16.1. The van der Waals surface area contributed by atoms with Crippen LogP contribution in [0.3, 0.4) is 0 Å². The number of aliphatic hydroxyl groups is 1. The van der Waals surface area contributed by atoms with Crippen LogP contribution >= 0.6 is 15.9 Å². The first-order chi connectivity index (χ1) is 9.56. The average Bonchev–Trinajstić information content (AvgIpc) is 3.01. The zero-order chi connectivity index (χ0) is 14.3. The van der Waals surface area contributed by atoms with E-state index in [0.717, 1.165) is 23.8 Å². The Morgan fingerprint density at radius 1 is 1.30 bits per heavy atom. The van der Waals surface area contributed by atoms with Crippen LogP contribution in [0.15, 0.2) is 21.0 Å². The van der Waals surface area contributed by atoms with Crippen LogP contribution < -0.4 is 5.32 Å². The third kappa shape index (κ3) is 2.52. The second kappa shape index (κ2) is 5.51. The average molecular weight is 338 g/mol. The van der Waals surface area contributed by atoms with Crippen LogP contribution in [0.4, 0.5) is 0 Å². The van der Waals surface area contributed by atoms with Crippen LogP contribution in [0.1, 0.15) is 43.3 Å². The molecule has 1 heterocycles. The van der Waals surface area contributed by atoms with E-state index in [1.165, 1.54) is 22.0 Å². The molecule has 1 unspecified atom stereocenters. The Bertz CT molecular complexity index is 633. The highest BCUT2D eigenvalue weighted by Crippen LogP contribution is 2.37. The molecule has 1 aliphatic rings. The smallest absolute Gasteiger partial charge is 0.137 e. The van der Waals surface area contributed by atoms with Gasteiger partial charge in [0.05, 0.1) is 0 Å². The molecule has 1 aromatic carbocycles. The summed E-state index contributed by atoms with van der Waals surface area (Å²) in [6.45, 7) is 4.64. The minimum Gasteiger partial charge on any atom is -0.458 e. The van der Waals surface area contributed by atoms with Gasteiger partial charge in [0.2, 0.25) is 0 Å². The molecule has 0 saturated carbocycles. The lowest BCUT2D eigenvalue weighted by molar-refractivity contribution is 0.147. The van der Waals surface area contributed by atoms with Crippen LogP contribution in [0.25, 0.3) is 11.0 Å². The minimum atomic E-state index is -0.597. The molecule has 0 spiro atoms. The fourth-order valence-corrected chi connectivity index (χ4v) is 3.55. The fraction of sp³-hybridized carbons (Fsp3) is 0.500. The first kappa shape index (κ1) is 14.1. The monoisotopic (exact) mass is 337 g/mol. The molecule has 0 bridgehead atoms. The summed E-state index contributed by atoms with van der Waals surface area (Å²) < 4.78 is 7.12. The van der Waals surface area contributed by atoms with Crippen molar-refractivity contribution in [3.8, 4) is 0 Å². The Morgan fingerprint density at radius 2 is 2.05 bits per heavy atom. The van der Waals surface area contributed by atoms with Crippen LogP contribution in [0.5, 0.6) is 0 Å². The molecule has 2 aromatic rings. The van der Waals surface area contributed by atoms with Gasteiger partial charge < -0.3 is 14.8 Å². The van der Waals surface area contributed by atoms with E-state index in [4.69, 9.17) is 4.42 Å². The number of aryl methyl sites for hydroxylation is 1. The predicted molar refractivity (Wildman–Crippen MR) is 84.0 cm³/mol. The molecule has 0 saturated heterocycles. The quantitative estimate of drug-likeness (QED) is 0.893. The van der Waals surface area contributed by atoms with Crippen molar-refractivity contribution in [2.75, 3.05) is 6.54 Å². The highest BCUT2D eigenvalue weighted by molar-refractivity contribution is 9.10. The summed E-state index contributed by atoms with van der Waals surface area (Å²) in [5.41, 5.74) is 3.64. The molecule has 1 aliphatic carbocycles.